The molecule has 0 aliphatic carbocycles. The van der Waals surface area contributed by atoms with Gasteiger partial charge in [-0.2, -0.15) is 0 Å². The smallest absolute Gasteiger partial charge is 0.120 e. The van der Waals surface area contributed by atoms with Gasteiger partial charge in [-0.15, -0.1) is 0 Å². The van der Waals surface area contributed by atoms with Crippen molar-refractivity contribution < 1.29 is 9.84 Å². The number of aliphatic hydroxyl groups excluding tert-OH is 1. The number of hydrogen-bond donors (Lipinski definition) is 1. The van der Waals surface area contributed by atoms with E-state index in [2.05, 4.69) is 23.1 Å². The topological polar surface area (TPSA) is 32.7 Å². The van der Waals surface area contributed by atoms with Crippen LogP contribution in [0.1, 0.15) is 45.6 Å². The van der Waals surface area contributed by atoms with E-state index >= 15 is 0 Å². The highest BCUT2D eigenvalue weighted by atomic mass is 16.5. The highest BCUT2D eigenvalue weighted by Gasteiger charge is 2.25. The fourth-order valence-electron chi connectivity index (χ4n) is 2.99. The summed E-state index contributed by atoms with van der Waals surface area (Å²) in [5.41, 5.74) is 1.29. The van der Waals surface area contributed by atoms with Crippen LogP contribution < -0.4 is 4.74 Å². The third kappa shape index (κ3) is 4.50. The molecule has 1 N–H and O–H groups in total. The molecule has 2 unspecified atom stereocenters. The van der Waals surface area contributed by atoms with Crippen LogP contribution in [-0.2, 0) is 6.54 Å². The molecule has 1 fully saturated rings. The summed E-state index contributed by atoms with van der Waals surface area (Å²) in [7, 11) is 0. The summed E-state index contributed by atoms with van der Waals surface area (Å²) >= 11 is 0. The van der Waals surface area contributed by atoms with Crippen LogP contribution in [0.2, 0.25) is 0 Å². The fraction of sp³-hybridized carbons (Fsp3) is 0.647. The van der Waals surface area contributed by atoms with E-state index in [1.54, 1.807) is 0 Å². The fourth-order valence-corrected chi connectivity index (χ4v) is 2.99. The second-order valence-electron chi connectivity index (χ2n) is 6.17. The summed E-state index contributed by atoms with van der Waals surface area (Å²) in [6.45, 7) is 8.06. The lowest BCUT2D eigenvalue weighted by molar-refractivity contribution is 0.130. The highest BCUT2D eigenvalue weighted by molar-refractivity contribution is 5.28. The first-order valence-corrected chi connectivity index (χ1v) is 7.72. The molecule has 1 aromatic rings. The molecule has 2 rings (SSSR count). The van der Waals surface area contributed by atoms with Gasteiger partial charge in [0.05, 0.1) is 12.2 Å². The van der Waals surface area contributed by atoms with Crippen molar-refractivity contribution in [2.75, 3.05) is 6.54 Å². The van der Waals surface area contributed by atoms with Crippen molar-refractivity contribution in [3.63, 3.8) is 0 Å². The molecule has 2 atom stereocenters. The van der Waals surface area contributed by atoms with Gasteiger partial charge in [-0.1, -0.05) is 12.1 Å². The Morgan fingerprint density at radius 1 is 1.35 bits per heavy atom. The molecule has 1 aliphatic rings. The van der Waals surface area contributed by atoms with Crippen LogP contribution in [0.5, 0.6) is 5.75 Å². The van der Waals surface area contributed by atoms with Crippen LogP contribution in [0, 0.1) is 0 Å². The molecule has 1 heterocycles. The van der Waals surface area contributed by atoms with E-state index in [9.17, 15) is 5.11 Å². The molecule has 1 aliphatic heterocycles. The van der Waals surface area contributed by atoms with Crippen LogP contribution in [0.4, 0.5) is 0 Å². The number of likely N-dealkylation sites (tertiary alicyclic amines) is 1. The zero-order valence-corrected chi connectivity index (χ0v) is 12.9. The molecule has 0 aromatic heterocycles. The van der Waals surface area contributed by atoms with Gasteiger partial charge in [0.15, 0.2) is 0 Å². The average molecular weight is 277 g/mol. The van der Waals surface area contributed by atoms with Crippen LogP contribution in [-0.4, -0.2) is 34.8 Å². The van der Waals surface area contributed by atoms with Gasteiger partial charge in [-0.3, -0.25) is 4.90 Å². The third-order valence-electron chi connectivity index (χ3n) is 3.77. The maximum atomic E-state index is 9.59. The van der Waals surface area contributed by atoms with Crippen LogP contribution in [0.25, 0.3) is 0 Å². The maximum Gasteiger partial charge on any atom is 0.120 e. The van der Waals surface area contributed by atoms with Gasteiger partial charge >= 0.3 is 0 Å². The molecule has 0 saturated carbocycles. The lowest BCUT2D eigenvalue weighted by Crippen LogP contribution is -2.31. The Balaban J connectivity index is 1.98. The average Bonchev–Trinajstić information content (AvgIpc) is 2.75. The van der Waals surface area contributed by atoms with Crippen molar-refractivity contribution in [3.05, 3.63) is 29.8 Å². The molecule has 0 amide bonds. The first-order valence-electron chi connectivity index (χ1n) is 7.72. The standard InChI is InChI=1S/C17H27NO2/c1-13(2)20-17-8-4-6-15(11-17)12-18-9-5-7-16(18)10-14(3)19/h4,6,8,11,13-14,16,19H,5,7,9-10,12H2,1-3H3. The summed E-state index contributed by atoms with van der Waals surface area (Å²) in [4.78, 5) is 2.49. The minimum Gasteiger partial charge on any atom is -0.491 e. The Morgan fingerprint density at radius 2 is 2.15 bits per heavy atom. The van der Waals surface area contributed by atoms with Crippen molar-refractivity contribution in [2.45, 2.75) is 64.8 Å². The van der Waals surface area contributed by atoms with Crippen molar-refractivity contribution in [1.82, 2.24) is 4.90 Å². The van der Waals surface area contributed by atoms with Crippen molar-refractivity contribution in [2.24, 2.45) is 0 Å². The number of ether oxygens (including phenoxy) is 1. The van der Waals surface area contributed by atoms with Gasteiger partial charge in [0.1, 0.15) is 5.75 Å². The normalized spacial score (nSPS) is 21.4. The zero-order chi connectivity index (χ0) is 14.5. The lowest BCUT2D eigenvalue weighted by atomic mass is 10.1. The van der Waals surface area contributed by atoms with E-state index in [0.717, 1.165) is 25.3 Å². The predicted molar refractivity (Wildman–Crippen MR) is 81.9 cm³/mol. The molecule has 3 heteroatoms. The van der Waals surface area contributed by atoms with Gasteiger partial charge in [-0.25, -0.2) is 0 Å². The number of nitrogens with zero attached hydrogens (tertiary/aromatic N) is 1. The van der Waals surface area contributed by atoms with Crippen LogP contribution in [0.15, 0.2) is 24.3 Å². The largest absolute Gasteiger partial charge is 0.491 e. The van der Waals surface area contributed by atoms with Crippen molar-refractivity contribution in [3.8, 4) is 5.75 Å². The van der Waals surface area contributed by atoms with Gasteiger partial charge < -0.3 is 9.84 Å². The maximum absolute atomic E-state index is 9.59. The quantitative estimate of drug-likeness (QED) is 0.866. The Bertz CT molecular complexity index is 417. The summed E-state index contributed by atoms with van der Waals surface area (Å²) in [5.74, 6) is 0.948. The first kappa shape index (κ1) is 15.3. The Labute approximate surface area is 122 Å². The van der Waals surface area contributed by atoms with Crippen molar-refractivity contribution >= 4 is 0 Å². The van der Waals surface area contributed by atoms with E-state index in [-0.39, 0.29) is 12.2 Å². The Morgan fingerprint density at radius 3 is 2.85 bits per heavy atom. The first-order chi connectivity index (χ1) is 9.54. The molecular formula is C17H27NO2. The molecule has 0 radical (unpaired) electrons. The molecule has 1 aromatic carbocycles. The highest BCUT2D eigenvalue weighted by Crippen LogP contribution is 2.25. The second-order valence-corrected chi connectivity index (χ2v) is 6.17. The SMILES string of the molecule is CC(O)CC1CCCN1Cc1cccc(OC(C)C)c1. The van der Waals surface area contributed by atoms with Gasteiger partial charge in [-0.05, 0) is 64.3 Å². The molecule has 0 bridgehead atoms. The van der Waals surface area contributed by atoms with Gasteiger partial charge in [0.2, 0.25) is 0 Å². The molecule has 0 spiro atoms. The Hall–Kier alpha value is -1.06. The van der Waals surface area contributed by atoms with E-state index in [4.69, 9.17) is 4.74 Å². The monoisotopic (exact) mass is 277 g/mol. The zero-order valence-electron chi connectivity index (χ0n) is 12.9. The Kier molecular flexibility index (Phi) is 5.44. The van der Waals surface area contributed by atoms with Gasteiger partial charge in [0, 0.05) is 12.6 Å². The van der Waals surface area contributed by atoms with E-state index < -0.39 is 0 Å². The van der Waals surface area contributed by atoms with E-state index in [1.165, 1.54) is 18.4 Å². The number of rotatable bonds is 6. The summed E-state index contributed by atoms with van der Waals surface area (Å²) in [6, 6.07) is 8.89. The number of aliphatic hydroxyl groups is 1. The summed E-state index contributed by atoms with van der Waals surface area (Å²) in [5, 5.41) is 9.59. The minimum atomic E-state index is -0.212. The third-order valence-corrected chi connectivity index (χ3v) is 3.77. The van der Waals surface area contributed by atoms with E-state index in [0.29, 0.717) is 6.04 Å². The number of hydrogen-bond acceptors (Lipinski definition) is 3. The minimum absolute atomic E-state index is 0.208. The molecule has 1 saturated heterocycles. The lowest BCUT2D eigenvalue weighted by Gasteiger charge is -2.25. The van der Waals surface area contributed by atoms with Crippen LogP contribution >= 0.6 is 0 Å². The number of benzene rings is 1. The predicted octanol–water partition coefficient (Wildman–Crippen LogP) is 3.21. The van der Waals surface area contributed by atoms with Crippen molar-refractivity contribution in [1.29, 1.82) is 0 Å². The molecule has 3 nitrogen and oxygen atoms in total. The molecule has 112 valence electrons. The summed E-state index contributed by atoms with van der Waals surface area (Å²) < 4.78 is 5.75. The second kappa shape index (κ2) is 7.09. The van der Waals surface area contributed by atoms with Crippen LogP contribution in [0.3, 0.4) is 0 Å². The van der Waals surface area contributed by atoms with Gasteiger partial charge in [0.25, 0.3) is 0 Å². The molecule has 20 heavy (non-hydrogen) atoms. The van der Waals surface area contributed by atoms with E-state index in [1.807, 2.05) is 26.8 Å². The molecular weight excluding hydrogens is 250 g/mol. The summed E-state index contributed by atoms with van der Waals surface area (Å²) in [6.07, 6.45) is 3.31.